The van der Waals surface area contributed by atoms with E-state index in [0.717, 1.165) is 6.07 Å². The zero-order chi connectivity index (χ0) is 19.6. The number of hydrogen-bond donors (Lipinski definition) is 1. The Morgan fingerprint density at radius 2 is 1.93 bits per heavy atom. The van der Waals surface area contributed by atoms with Crippen LogP contribution in [-0.4, -0.2) is 55.3 Å². The van der Waals surface area contributed by atoms with Gasteiger partial charge in [-0.05, 0) is 32.8 Å². The van der Waals surface area contributed by atoms with Crippen LogP contribution in [0.5, 0.6) is 0 Å². The van der Waals surface area contributed by atoms with Gasteiger partial charge >= 0.3 is 6.09 Å². The molecule has 3 rings (SSSR count). The fourth-order valence-electron chi connectivity index (χ4n) is 3.60. The normalized spacial score (nSPS) is 19.5. The summed E-state index contributed by atoms with van der Waals surface area (Å²) in [6, 6.07) is 3.28. The second-order valence-electron chi connectivity index (χ2n) is 7.36. The van der Waals surface area contributed by atoms with Crippen LogP contribution in [0.1, 0.15) is 32.3 Å². The molecule has 2 aliphatic heterocycles. The number of nitrogens with zero attached hydrogens (tertiary/aromatic N) is 1. The van der Waals surface area contributed by atoms with E-state index in [1.807, 2.05) is 13.8 Å². The fourth-order valence-corrected chi connectivity index (χ4v) is 3.60. The molecular formula is C19H24F2N2O4. The van der Waals surface area contributed by atoms with Gasteiger partial charge in [-0.3, -0.25) is 4.79 Å². The molecule has 0 unspecified atom stereocenters. The number of benzene rings is 1. The molecule has 2 amide bonds. The Balaban J connectivity index is 1.72. The van der Waals surface area contributed by atoms with Crippen molar-refractivity contribution in [2.45, 2.75) is 44.2 Å². The minimum atomic E-state index is -1.08. The summed E-state index contributed by atoms with van der Waals surface area (Å²) >= 11 is 0. The van der Waals surface area contributed by atoms with Gasteiger partial charge in [0.2, 0.25) is 5.91 Å². The predicted octanol–water partition coefficient (Wildman–Crippen LogP) is 2.36. The number of alkyl carbamates (subject to hydrolysis) is 1. The summed E-state index contributed by atoms with van der Waals surface area (Å²) in [6.45, 7) is 4.82. The Morgan fingerprint density at radius 3 is 2.52 bits per heavy atom. The lowest BCUT2D eigenvalue weighted by molar-refractivity contribution is -0.151. The lowest BCUT2D eigenvalue weighted by Crippen LogP contribution is -2.61. The van der Waals surface area contributed by atoms with Crippen LogP contribution in [0.3, 0.4) is 0 Å². The monoisotopic (exact) mass is 382 g/mol. The second kappa shape index (κ2) is 7.80. The van der Waals surface area contributed by atoms with E-state index < -0.39 is 23.1 Å². The smallest absolute Gasteiger partial charge is 0.407 e. The van der Waals surface area contributed by atoms with Gasteiger partial charge in [0.25, 0.3) is 0 Å². The molecule has 0 saturated carbocycles. The number of carbonyl (C=O) groups is 2. The number of rotatable bonds is 4. The first-order valence-electron chi connectivity index (χ1n) is 9.11. The van der Waals surface area contributed by atoms with Crippen LogP contribution in [0.15, 0.2) is 18.2 Å². The highest BCUT2D eigenvalue weighted by Crippen LogP contribution is 2.39. The second-order valence-corrected chi connectivity index (χ2v) is 7.36. The maximum absolute atomic E-state index is 14.5. The highest BCUT2D eigenvalue weighted by atomic mass is 19.1. The summed E-state index contributed by atoms with van der Waals surface area (Å²) in [5.41, 5.74) is -0.889. The van der Waals surface area contributed by atoms with Crippen LogP contribution in [-0.2, 0) is 19.7 Å². The number of nitrogens with one attached hydrogen (secondary N) is 1. The first kappa shape index (κ1) is 19.5. The van der Waals surface area contributed by atoms with Crippen LogP contribution >= 0.6 is 0 Å². The van der Waals surface area contributed by atoms with Crippen molar-refractivity contribution in [3.8, 4) is 0 Å². The molecule has 0 atom stereocenters. The van der Waals surface area contributed by atoms with Crippen LogP contribution in [0, 0.1) is 11.6 Å². The summed E-state index contributed by atoms with van der Waals surface area (Å²) in [5.74, 6) is -1.64. The van der Waals surface area contributed by atoms with Crippen molar-refractivity contribution in [3.05, 3.63) is 35.4 Å². The number of halogens is 2. The van der Waals surface area contributed by atoms with Crippen molar-refractivity contribution >= 4 is 12.0 Å². The third-order valence-corrected chi connectivity index (χ3v) is 5.02. The Morgan fingerprint density at radius 1 is 1.26 bits per heavy atom. The van der Waals surface area contributed by atoms with Gasteiger partial charge < -0.3 is 19.7 Å². The van der Waals surface area contributed by atoms with E-state index in [1.54, 1.807) is 4.90 Å². The molecule has 148 valence electrons. The van der Waals surface area contributed by atoms with Crippen LogP contribution < -0.4 is 5.32 Å². The molecule has 2 heterocycles. The van der Waals surface area contributed by atoms with Crippen LogP contribution in [0.2, 0.25) is 0 Å². The quantitative estimate of drug-likeness (QED) is 0.868. The van der Waals surface area contributed by atoms with Gasteiger partial charge in [0.05, 0.1) is 18.5 Å². The highest BCUT2D eigenvalue weighted by Gasteiger charge is 2.49. The van der Waals surface area contributed by atoms with E-state index in [0.29, 0.717) is 26.1 Å². The maximum Gasteiger partial charge on any atom is 0.407 e. The van der Waals surface area contributed by atoms with E-state index in [-0.39, 0.29) is 36.7 Å². The van der Waals surface area contributed by atoms with Crippen molar-refractivity contribution in [2.24, 2.45) is 0 Å². The lowest BCUT2D eigenvalue weighted by Gasteiger charge is -2.46. The molecule has 2 fully saturated rings. The average molecular weight is 382 g/mol. The van der Waals surface area contributed by atoms with Crippen molar-refractivity contribution < 1.29 is 27.8 Å². The highest BCUT2D eigenvalue weighted by molar-refractivity contribution is 5.89. The molecule has 6 nitrogen and oxygen atoms in total. The molecule has 2 aliphatic rings. The van der Waals surface area contributed by atoms with E-state index >= 15 is 0 Å². The third kappa shape index (κ3) is 4.05. The summed E-state index contributed by atoms with van der Waals surface area (Å²) in [4.78, 5) is 26.4. The van der Waals surface area contributed by atoms with Crippen molar-refractivity contribution in [3.63, 3.8) is 0 Å². The molecule has 27 heavy (non-hydrogen) atoms. The largest absolute Gasteiger partial charge is 0.442 e. The molecular weight excluding hydrogens is 358 g/mol. The summed E-state index contributed by atoms with van der Waals surface area (Å²) in [5, 5.41) is 2.63. The number of carbonyl (C=O) groups excluding carboxylic acids is 2. The summed E-state index contributed by atoms with van der Waals surface area (Å²) in [6.07, 6.45) is -0.260. The van der Waals surface area contributed by atoms with Crippen molar-refractivity contribution in [2.75, 3.05) is 26.3 Å². The van der Waals surface area contributed by atoms with Gasteiger partial charge in [0.1, 0.15) is 17.7 Å². The summed E-state index contributed by atoms with van der Waals surface area (Å²) in [7, 11) is 0. The number of likely N-dealkylation sites (tertiary alicyclic amines) is 1. The average Bonchev–Trinajstić information content (AvgIpc) is 2.57. The zero-order valence-corrected chi connectivity index (χ0v) is 15.5. The van der Waals surface area contributed by atoms with E-state index in [2.05, 4.69) is 5.32 Å². The molecule has 1 N–H and O–H groups in total. The zero-order valence-electron chi connectivity index (χ0n) is 15.5. The number of hydrogen-bond acceptors (Lipinski definition) is 4. The minimum Gasteiger partial charge on any atom is -0.442 e. The first-order chi connectivity index (χ1) is 12.8. The minimum absolute atomic E-state index is 0.0396. The molecule has 0 aromatic heterocycles. The van der Waals surface area contributed by atoms with Crippen LogP contribution in [0.25, 0.3) is 0 Å². The Labute approximate surface area is 156 Å². The van der Waals surface area contributed by atoms with Gasteiger partial charge in [-0.2, -0.15) is 0 Å². The molecule has 0 spiro atoms. The van der Waals surface area contributed by atoms with Crippen molar-refractivity contribution in [1.29, 1.82) is 0 Å². The molecule has 8 heteroatoms. The molecule has 1 aromatic rings. The molecule has 0 radical (unpaired) electrons. The van der Waals surface area contributed by atoms with E-state index in [9.17, 15) is 18.4 Å². The van der Waals surface area contributed by atoms with Gasteiger partial charge in [-0.1, -0.05) is 6.07 Å². The Bertz CT molecular complexity index is 714. The first-order valence-corrected chi connectivity index (χ1v) is 9.11. The van der Waals surface area contributed by atoms with Gasteiger partial charge in [0.15, 0.2) is 0 Å². The summed E-state index contributed by atoms with van der Waals surface area (Å²) < 4.78 is 38.4. The SMILES string of the molecule is CC(C)NC(=O)OC1CN(C(=O)C2(c3ccc(F)cc3F)CCOCC2)C1. The fraction of sp³-hybridized carbons (Fsp3) is 0.579. The van der Waals surface area contributed by atoms with Gasteiger partial charge in [0, 0.05) is 30.9 Å². The third-order valence-electron chi connectivity index (χ3n) is 5.02. The Hall–Kier alpha value is -2.22. The molecule has 1 aromatic carbocycles. The van der Waals surface area contributed by atoms with E-state index in [4.69, 9.17) is 9.47 Å². The topological polar surface area (TPSA) is 67.9 Å². The molecule has 0 bridgehead atoms. The predicted molar refractivity (Wildman–Crippen MR) is 93.2 cm³/mol. The standard InChI is InChI=1S/C19H24F2N2O4/c1-12(2)22-18(25)27-14-10-23(11-14)17(24)19(5-7-26-8-6-19)15-4-3-13(20)9-16(15)21/h3-4,9,12,14H,5-8,10-11H2,1-2H3,(H,22,25). The Kier molecular flexibility index (Phi) is 5.64. The van der Waals surface area contributed by atoms with E-state index in [1.165, 1.54) is 12.1 Å². The number of amides is 2. The number of ether oxygens (including phenoxy) is 2. The van der Waals surface area contributed by atoms with Gasteiger partial charge in [-0.15, -0.1) is 0 Å². The molecule has 2 saturated heterocycles. The van der Waals surface area contributed by atoms with Crippen LogP contribution in [0.4, 0.5) is 13.6 Å². The van der Waals surface area contributed by atoms with Crippen molar-refractivity contribution in [1.82, 2.24) is 10.2 Å². The molecule has 0 aliphatic carbocycles. The van der Waals surface area contributed by atoms with Gasteiger partial charge in [-0.25, -0.2) is 13.6 Å². The maximum atomic E-state index is 14.5. The lowest BCUT2D eigenvalue weighted by atomic mass is 9.72.